The minimum Gasteiger partial charge on any atom is -0.370 e. The van der Waals surface area contributed by atoms with Gasteiger partial charge in [0, 0.05) is 26.3 Å². The number of pyridine rings is 1. The molecule has 0 aliphatic carbocycles. The molecule has 20 heavy (non-hydrogen) atoms. The molecular formula is C11H16F3N3O2S. The smallest absolute Gasteiger partial charge is 0.370 e. The van der Waals surface area contributed by atoms with Gasteiger partial charge in [0.2, 0.25) is 10.0 Å². The van der Waals surface area contributed by atoms with Crippen molar-refractivity contribution in [2.24, 2.45) is 0 Å². The maximum absolute atomic E-state index is 12.1. The largest absolute Gasteiger partial charge is 0.390 e. The average Bonchev–Trinajstić information content (AvgIpc) is 2.36. The van der Waals surface area contributed by atoms with Crippen LogP contribution >= 0.6 is 0 Å². The van der Waals surface area contributed by atoms with Crippen LogP contribution in [0.5, 0.6) is 0 Å². The van der Waals surface area contributed by atoms with Crippen molar-refractivity contribution in [1.29, 1.82) is 0 Å². The van der Waals surface area contributed by atoms with Crippen molar-refractivity contribution in [1.82, 2.24) is 9.29 Å². The lowest BCUT2D eigenvalue weighted by molar-refractivity contribution is -0.135. The molecule has 0 amide bonds. The molecule has 1 rings (SSSR count). The van der Waals surface area contributed by atoms with Gasteiger partial charge in [-0.05, 0) is 19.1 Å². The highest BCUT2D eigenvalue weighted by Gasteiger charge is 2.30. The van der Waals surface area contributed by atoms with Crippen LogP contribution < -0.4 is 5.32 Å². The molecule has 1 N–H and O–H groups in total. The molecule has 0 aliphatic rings. The van der Waals surface area contributed by atoms with Crippen molar-refractivity contribution in [2.45, 2.75) is 24.4 Å². The molecule has 114 valence electrons. The van der Waals surface area contributed by atoms with Crippen molar-refractivity contribution in [2.75, 3.05) is 25.5 Å². The van der Waals surface area contributed by atoms with Gasteiger partial charge in [0.25, 0.3) is 0 Å². The van der Waals surface area contributed by atoms with Gasteiger partial charge in [-0.25, -0.2) is 17.7 Å². The van der Waals surface area contributed by atoms with E-state index in [0.717, 1.165) is 13.2 Å². The number of hydrogen-bond acceptors (Lipinski definition) is 4. The zero-order valence-electron chi connectivity index (χ0n) is 11.1. The third-order valence-corrected chi connectivity index (χ3v) is 4.35. The maximum Gasteiger partial charge on any atom is 0.390 e. The fourth-order valence-electron chi connectivity index (χ4n) is 1.40. The van der Waals surface area contributed by atoms with Crippen molar-refractivity contribution in [3.63, 3.8) is 0 Å². The maximum atomic E-state index is 12.1. The Labute approximate surface area is 115 Å². The quantitative estimate of drug-likeness (QED) is 0.874. The van der Waals surface area contributed by atoms with Crippen LogP contribution in [0.4, 0.5) is 19.0 Å². The molecule has 0 aromatic carbocycles. The van der Waals surface area contributed by atoms with E-state index in [1.807, 2.05) is 6.92 Å². The molecule has 0 saturated carbocycles. The first-order valence-electron chi connectivity index (χ1n) is 5.90. The van der Waals surface area contributed by atoms with Gasteiger partial charge in [-0.15, -0.1) is 0 Å². The summed E-state index contributed by atoms with van der Waals surface area (Å²) in [6, 6.07) is 2.78. The third kappa shape index (κ3) is 4.64. The molecule has 0 aliphatic heterocycles. The lowest BCUT2D eigenvalue weighted by atomic mass is 10.4. The van der Waals surface area contributed by atoms with Crippen LogP contribution in [-0.2, 0) is 10.0 Å². The fourth-order valence-corrected chi connectivity index (χ4v) is 2.52. The monoisotopic (exact) mass is 311 g/mol. The van der Waals surface area contributed by atoms with E-state index in [1.165, 1.54) is 12.1 Å². The summed E-state index contributed by atoms with van der Waals surface area (Å²) in [5.74, 6) is 0.504. The molecule has 5 nitrogen and oxygen atoms in total. The number of sulfonamides is 1. The van der Waals surface area contributed by atoms with Gasteiger partial charge >= 0.3 is 6.18 Å². The number of rotatable bonds is 6. The number of halogens is 3. The van der Waals surface area contributed by atoms with E-state index >= 15 is 0 Å². The topological polar surface area (TPSA) is 62.3 Å². The molecule has 0 saturated heterocycles. The Morgan fingerprint density at radius 3 is 2.45 bits per heavy atom. The first-order valence-corrected chi connectivity index (χ1v) is 7.34. The van der Waals surface area contributed by atoms with Gasteiger partial charge in [-0.2, -0.15) is 13.2 Å². The first kappa shape index (κ1) is 16.7. The summed E-state index contributed by atoms with van der Waals surface area (Å²) in [5, 5.41) is 2.89. The molecule has 1 aromatic rings. The molecule has 1 aromatic heterocycles. The van der Waals surface area contributed by atoms with E-state index in [-0.39, 0.29) is 4.90 Å². The Kier molecular flexibility index (Phi) is 5.35. The highest BCUT2D eigenvalue weighted by Crippen LogP contribution is 2.22. The molecule has 0 unspecified atom stereocenters. The molecule has 0 fully saturated rings. The average molecular weight is 311 g/mol. The zero-order valence-corrected chi connectivity index (χ0v) is 11.9. The Morgan fingerprint density at radius 1 is 1.35 bits per heavy atom. The number of aromatic nitrogens is 1. The Bertz CT molecular complexity index is 529. The lowest BCUT2D eigenvalue weighted by Gasteiger charge is -2.18. The predicted molar refractivity (Wildman–Crippen MR) is 68.9 cm³/mol. The SMILES string of the molecule is CCNc1ccc(S(=O)(=O)N(C)CCC(F)(F)F)cn1. The van der Waals surface area contributed by atoms with E-state index in [2.05, 4.69) is 10.3 Å². The highest BCUT2D eigenvalue weighted by molar-refractivity contribution is 7.89. The van der Waals surface area contributed by atoms with Crippen molar-refractivity contribution < 1.29 is 21.6 Å². The molecule has 0 bridgehead atoms. The van der Waals surface area contributed by atoms with Crippen LogP contribution in [0.25, 0.3) is 0 Å². The molecule has 1 heterocycles. The normalized spacial score (nSPS) is 12.7. The number of anilines is 1. The summed E-state index contributed by atoms with van der Waals surface area (Å²) in [4.78, 5) is 3.75. The van der Waals surface area contributed by atoms with Crippen LogP contribution in [0, 0.1) is 0 Å². The molecule has 0 spiro atoms. The molecular weight excluding hydrogens is 295 g/mol. The van der Waals surface area contributed by atoms with E-state index in [0.29, 0.717) is 16.7 Å². The Balaban J connectivity index is 2.81. The van der Waals surface area contributed by atoms with Crippen LogP contribution in [0.15, 0.2) is 23.2 Å². The van der Waals surface area contributed by atoms with E-state index < -0.39 is 29.2 Å². The number of alkyl halides is 3. The van der Waals surface area contributed by atoms with Gasteiger partial charge in [-0.3, -0.25) is 0 Å². The van der Waals surface area contributed by atoms with Gasteiger partial charge in [-0.1, -0.05) is 0 Å². The van der Waals surface area contributed by atoms with E-state index in [1.54, 1.807) is 0 Å². The number of hydrogen-bond donors (Lipinski definition) is 1. The molecule has 0 radical (unpaired) electrons. The third-order valence-electron chi connectivity index (χ3n) is 2.51. The van der Waals surface area contributed by atoms with Gasteiger partial charge in [0.05, 0.1) is 6.42 Å². The van der Waals surface area contributed by atoms with Gasteiger partial charge in [0.1, 0.15) is 10.7 Å². The summed E-state index contributed by atoms with van der Waals surface area (Å²) in [6.45, 7) is 1.86. The summed E-state index contributed by atoms with van der Waals surface area (Å²) in [7, 11) is -2.84. The molecule has 0 atom stereocenters. The second-order valence-electron chi connectivity index (χ2n) is 4.10. The fraction of sp³-hybridized carbons (Fsp3) is 0.545. The second-order valence-corrected chi connectivity index (χ2v) is 6.15. The Hall–Kier alpha value is -1.35. The summed E-state index contributed by atoms with van der Waals surface area (Å²) < 4.78 is 61.0. The van der Waals surface area contributed by atoms with Crippen LogP contribution in [0.3, 0.4) is 0 Å². The summed E-state index contributed by atoms with van der Waals surface area (Å²) >= 11 is 0. The van der Waals surface area contributed by atoms with Crippen molar-refractivity contribution in [3.8, 4) is 0 Å². The highest BCUT2D eigenvalue weighted by atomic mass is 32.2. The predicted octanol–water partition coefficient (Wildman–Crippen LogP) is 2.09. The van der Waals surface area contributed by atoms with Crippen LogP contribution in [-0.4, -0.2) is 44.0 Å². The minimum absolute atomic E-state index is 0.135. The number of nitrogens with one attached hydrogen (secondary N) is 1. The van der Waals surface area contributed by atoms with Gasteiger partial charge < -0.3 is 5.32 Å². The number of nitrogens with zero attached hydrogens (tertiary/aromatic N) is 2. The first-order chi connectivity index (χ1) is 9.16. The molecule has 9 heteroatoms. The standard InChI is InChI=1S/C11H16F3N3O2S/c1-3-15-10-5-4-9(8-16-10)20(18,19)17(2)7-6-11(12,13)14/h4-5,8H,3,6-7H2,1-2H3,(H,15,16). The minimum atomic E-state index is -4.39. The summed E-state index contributed by atoms with van der Waals surface area (Å²) in [5.41, 5.74) is 0. The van der Waals surface area contributed by atoms with Crippen molar-refractivity contribution >= 4 is 15.8 Å². The Morgan fingerprint density at radius 2 is 2.00 bits per heavy atom. The van der Waals surface area contributed by atoms with E-state index in [9.17, 15) is 21.6 Å². The second kappa shape index (κ2) is 6.40. The van der Waals surface area contributed by atoms with Gasteiger partial charge in [0.15, 0.2) is 0 Å². The van der Waals surface area contributed by atoms with Crippen LogP contribution in [0.2, 0.25) is 0 Å². The zero-order chi connectivity index (χ0) is 15.4. The van der Waals surface area contributed by atoms with Crippen molar-refractivity contribution in [3.05, 3.63) is 18.3 Å². The van der Waals surface area contributed by atoms with E-state index in [4.69, 9.17) is 0 Å². The summed E-state index contributed by atoms with van der Waals surface area (Å²) in [6.07, 6.45) is -4.46. The van der Waals surface area contributed by atoms with Crippen LogP contribution in [0.1, 0.15) is 13.3 Å². The lowest BCUT2D eigenvalue weighted by Crippen LogP contribution is -2.30.